The second-order valence-electron chi connectivity index (χ2n) is 6.04. The first-order valence-electron chi connectivity index (χ1n) is 8.31. The van der Waals surface area contributed by atoms with E-state index in [1.54, 1.807) is 4.90 Å². The van der Waals surface area contributed by atoms with Gasteiger partial charge < -0.3 is 19.9 Å². The van der Waals surface area contributed by atoms with E-state index in [1.807, 2.05) is 19.0 Å². The van der Waals surface area contributed by atoms with Gasteiger partial charge in [0.2, 0.25) is 11.9 Å². The minimum Gasteiger partial charge on any atom is -0.378 e. The molecule has 138 valence electrons. The zero-order valence-corrected chi connectivity index (χ0v) is 14.8. The molecule has 1 aromatic carbocycles. The van der Waals surface area contributed by atoms with Crippen LogP contribution >= 0.6 is 0 Å². The third-order valence-corrected chi connectivity index (χ3v) is 3.87. The van der Waals surface area contributed by atoms with Gasteiger partial charge in [-0.1, -0.05) is 0 Å². The molecule has 2 heterocycles. The van der Waals surface area contributed by atoms with Crippen LogP contribution in [0.15, 0.2) is 24.3 Å². The lowest BCUT2D eigenvalue weighted by Gasteiger charge is -2.27. The van der Waals surface area contributed by atoms with Crippen LogP contribution in [-0.4, -0.2) is 61.3 Å². The van der Waals surface area contributed by atoms with Crippen LogP contribution in [0.1, 0.15) is 16.2 Å². The summed E-state index contributed by atoms with van der Waals surface area (Å²) >= 11 is 0. The van der Waals surface area contributed by atoms with E-state index in [-0.39, 0.29) is 18.3 Å². The smallest absolute Gasteiger partial charge is 0.251 e. The second kappa shape index (κ2) is 8.05. The van der Waals surface area contributed by atoms with Crippen molar-refractivity contribution >= 4 is 17.8 Å². The highest BCUT2D eigenvalue weighted by Gasteiger charge is 2.17. The van der Waals surface area contributed by atoms with Gasteiger partial charge in [-0.3, -0.25) is 4.79 Å². The van der Waals surface area contributed by atoms with E-state index in [4.69, 9.17) is 4.74 Å². The summed E-state index contributed by atoms with van der Waals surface area (Å²) in [6.45, 7) is 2.81. The highest BCUT2D eigenvalue weighted by molar-refractivity contribution is 5.94. The molecule has 1 aliphatic rings. The van der Waals surface area contributed by atoms with Crippen LogP contribution < -0.4 is 15.1 Å². The molecule has 0 unspecified atom stereocenters. The Labute approximate surface area is 151 Å². The van der Waals surface area contributed by atoms with Crippen molar-refractivity contribution in [2.24, 2.45) is 0 Å². The van der Waals surface area contributed by atoms with Crippen molar-refractivity contribution in [2.75, 3.05) is 50.2 Å². The number of benzene rings is 1. The molecule has 8 nitrogen and oxygen atoms in total. The van der Waals surface area contributed by atoms with Gasteiger partial charge in [0.05, 0.1) is 19.8 Å². The number of nitrogens with zero attached hydrogens (tertiary/aromatic N) is 5. The number of hydrogen-bond donors (Lipinski definition) is 1. The Morgan fingerprint density at radius 3 is 2.54 bits per heavy atom. The number of hydrogen-bond acceptors (Lipinski definition) is 7. The highest BCUT2D eigenvalue weighted by atomic mass is 19.1. The number of aromatic nitrogens is 3. The van der Waals surface area contributed by atoms with Crippen LogP contribution in [0.3, 0.4) is 0 Å². The molecule has 0 saturated carbocycles. The van der Waals surface area contributed by atoms with Crippen molar-refractivity contribution in [1.29, 1.82) is 0 Å². The predicted molar refractivity (Wildman–Crippen MR) is 94.8 cm³/mol. The Hall–Kier alpha value is -2.81. The fourth-order valence-corrected chi connectivity index (χ4v) is 2.44. The molecule has 0 bridgehead atoms. The molecule has 0 radical (unpaired) electrons. The van der Waals surface area contributed by atoms with E-state index < -0.39 is 0 Å². The summed E-state index contributed by atoms with van der Waals surface area (Å²) in [5.41, 5.74) is 0.377. The van der Waals surface area contributed by atoms with E-state index in [9.17, 15) is 9.18 Å². The Balaban J connectivity index is 1.74. The fraction of sp³-hybridized carbons (Fsp3) is 0.412. The van der Waals surface area contributed by atoms with Crippen molar-refractivity contribution in [3.05, 3.63) is 41.5 Å². The maximum absolute atomic E-state index is 13.0. The normalized spacial score (nSPS) is 14.2. The lowest BCUT2D eigenvalue weighted by atomic mass is 10.2. The van der Waals surface area contributed by atoms with Gasteiger partial charge in [-0.15, -0.1) is 0 Å². The molecular weight excluding hydrogens is 339 g/mol. The van der Waals surface area contributed by atoms with Gasteiger partial charge in [0.1, 0.15) is 5.82 Å². The zero-order chi connectivity index (χ0) is 18.5. The molecule has 1 fully saturated rings. The lowest BCUT2D eigenvalue weighted by molar-refractivity contribution is 0.0950. The molecule has 1 aliphatic heterocycles. The SMILES string of the molecule is CN(C)c1nc(CNC(=O)c2ccc(F)cc2)nc(N2CCOCC2)n1. The number of halogens is 1. The van der Waals surface area contributed by atoms with Crippen LogP contribution in [0, 0.1) is 5.82 Å². The van der Waals surface area contributed by atoms with E-state index in [1.165, 1.54) is 24.3 Å². The number of anilines is 2. The Kier molecular flexibility index (Phi) is 5.57. The maximum atomic E-state index is 13.0. The quantitative estimate of drug-likeness (QED) is 0.846. The number of carbonyl (C=O) groups excluding carboxylic acids is 1. The van der Waals surface area contributed by atoms with Crippen LogP contribution in [0.4, 0.5) is 16.3 Å². The third kappa shape index (κ3) is 4.42. The average Bonchev–Trinajstić information content (AvgIpc) is 2.67. The average molecular weight is 360 g/mol. The van der Waals surface area contributed by atoms with Gasteiger partial charge >= 0.3 is 0 Å². The van der Waals surface area contributed by atoms with Crippen molar-refractivity contribution in [1.82, 2.24) is 20.3 Å². The number of ether oxygens (including phenoxy) is 1. The molecular formula is C17H21FN6O2. The van der Waals surface area contributed by atoms with Crippen molar-refractivity contribution in [2.45, 2.75) is 6.54 Å². The summed E-state index contributed by atoms with van der Waals surface area (Å²) in [5.74, 6) is 0.848. The molecule has 9 heteroatoms. The van der Waals surface area contributed by atoms with Crippen LogP contribution in [0.5, 0.6) is 0 Å². The molecule has 1 N–H and O–H groups in total. The molecule has 1 saturated heterocycles. The van der Waals surface area contributed by atoms with Crippen molar-refractivity contribution in [3.8, 4) is 0 Å². The molecule has 26 heavy (non-hydrogen) atoms. The number of rotatable bonds is 5. The first-order valence-corrected chi connectivity index (χ1v) is 8.31. The molecule has 1 aromatic heterocycles. The van der Waals surface area contributed by atoms with Gasteiger partial charge in [-0.25, -0.2) is 4.39 Å². The van der Waals surface area contributed by atoms with E-state index in [0.29, 0.717) is 49.6 Å². The summed E-state index contributed by atoms with van der Waals surface area (Å²) in [5, 5.41) is 2.76. The highest BCUT2D eigenvalue weighted by Crippen LogP contribution is 2.14. The molecule has 0 aliphatic carbocycles. The molecule has 0 atom stereocenters. The van der Waals surface area contributed by atoms with E-state index >= 15 is 0 Å². The number of carbonyl (C=O) groups is 1. The maximum Gasteiger partial charge on any atom is 0.251 e. The van der Waals surface area contributed by atoms with Crippen molar-refractivity contribution in [3.63, 3.8) is 0 Å². The van der Waals surface area contributed by atoms with Gasteiger partial charge in [-0.05, 0) is 24.3 Å². The van der Waals surface area contributed by atoms with Crippen molar-refractivity contribution < 1.29 is 13.9 Å². The minimum atomic E-state index is -0.384. The summed E-state index contributed by atoms with van der Waals surface area (Å²) < 4.78 is 18.3. The largest absolute Gasteiger partial charge is 0.378 e. The monoisotopic (exact) mass is 360 g/mol. The van der Waals surface area contributed by atoms with E-state index in [0.717, 1.165) is 0 Å². The second-order valence-corrected chi connectivity index (χ2v) is 6.04. The zero-order valence-electron chi connectivity index (χ0n) is 14.8. The van der Waals surface area contributed by atoms with Gasteiger partial charge in [0.15, 0.2) is 5.82 Å². The Bertz CT molecular complexity index is 762. The number of nitrogens with one attached hydrogen (secondary N) is 1. The number of amides is 1. The molecule has 1 amide bonds. The predicted octanol–water partition coefficient (Wildman–Crippen LogP) is 0.843. The molecule has 2 aromatic rings. The first-order chi connectivity index (χ1) is 12.5. The van der Waals surface area contributed by atoms with Crippen LogP contribution in [0.25, 0.3) is 0 Å². The minimum absolute atomic E-state index is 0.150. The topological polar surface area (TPSA) is 83.5 Å². The first kappa shape index (κ1) is 18.0. The number of morpholine rings is 1. The summed E-state index contributed by atoms with van der Waals surface area (Å²) in [7, 11) is 3.69. The molecule has 0 spiro atoms. The summed E-state index contributed by atoms with van der Waals surface area (Å²) in [4.78, 5) is 29.3. The van der Waals surface area contributed by atoms with Crippen LogP contribution in [-0.2, 0) is 11.3 Å². The third-order valence-electron chi connectivity index (χ3n) is 3.87. The van der Waals surface area contributed by atoms with Crippen LogP contribution in [0.2, 0.25) is 0 Å². The van der Waals surface area contributed by atoms with E-state index in [2.05, 4.69) is 20.3 Å². The van der Waals surface area contributed by atoms with Gasteiger partial charge in [0.25, 0.3) is 5.91 Å². The standard InChI is InChI=1S/C17H21FN6O2/c1-23(2)16-20-14(21-17(22-16)24-7-9-26-10-8-24)11-19-15(25)12-3-5-13(18)6-4-12/h3-6H,7-11H2,1-2H3,(H,19,25). The Morgan fingerprint density at radius 1 is 1.19 bits per heavy atom. The lowest BCUT2D eigenvalue weighted by Crippen LogP contribution is -2.38. The molecule has 3 rings (SSSR count). The summed E-state index contributed by atoms with van der Waals surface area (Å²) in [6, 6.07) is 5.36. The van der Waals surface area contributed by atoms with Gasteiger partial charge in [0, 0.05) is 32.7 Å². The fourth-order valence-electron chi connectivity index (χ4n) is 2.44. The van der Waals surface area contributed by atoms with Gasteiger partial charge in [-0.2, -0.15) is 15.0 Å². The Morgan fingerprint density at radius 2 is 1.88 bits per heavy atom. The summed E-state index contributed by atoms with van der Waals surface area (Å²) in [6.07, 6.45) is 0.